The van der Waals surface area contributed by atoms with E-state index < -0.39 is 6.36 Å². The molecule has 0 bridgehead atoms. The number of aromatic nitrogens is 3. The number of hydrogen-bond donors (Lipinski definition) is 3. The van der Waals surface area contributed by atoms with Crippen LogP contribution in [0.5, 0.6) is 5.75 Å². The second-order valence-corrected chi connectivity index (χ2v) is 8.14. The molecule has 0 saturated heterocycles. The van der Waals surface area contributed by atoms with Gasteiger partial charge in [-0.3, -0.25) is 4.79 Å². The van der Waals surface area contributed by atoms with Gasteiger partial charge in [0.1, 0.15) is 5.75 Å². The number of carbonyl (C=O) groups excluding carboxylic acids is 1. The van der Waals surface area contributed by atoms with Gasteiger partial charge in [0.25, 0.3) is 5.91 Å². The van der Waals surface area contributed by atoms with Crippen LogP contribution in [-0.2, 0) is 11.8 Å². The Kier molecular flexibility index (Phi) is 6.86. The van der Waals surface area contributed by atoms with Crippen LogP contribution in [0.4, 0.5) is 24.3 Å². The molecule has 180 valence electrons. The number of imidazole rings is 1. The van der Waals surface area contributed by atoms with Crippen molar-refractivity contribution in [3.63, 3.8) is 0 Å². The third-order valence-electron chi connectivity index (χ3n) is 4.72. The van der Waals surface area contributed by atoms with Crippen molar-refractivity contribution in [2.24, 2.45) is 7.05 Å². The number of aryl methyl sites for hydroxylation is 1. The van der Waals surface area contributed by atoms with Gasteiger partial charge < -0.3 is 29.8 Å². The molecular formula is C21H20F3N5O4S. The molecule has 4 aromatic rings. The fourth-order valence-corrected chi connectivity index (χ4v) is 4.10. The Bertz CT molecular complexity index is 1320. The van der Waals surface area contributed by atoms with Gasteiger partial charge in [-0.2, -0.15) is 0 Å². The molecule has 2 aromatic carbocycles. The standard InChI is InChI=1S/C21H20F3N5O4S/c1-29-16-5-2-12(18(31)25-6-8-32-9-7-30)10-15(16)26-19(29)28-20-27-14-4-3-13(11-17(14)34-20)33-21(22,23)24/h2-5,10-11,30H,6-9H2,1H3,(H,25,31)(H,26,27,28). The first-order valence-corrected chi connectivity index (χ1v) is 10.9. The SMILES string of the molecule is Cn1c(Nc2nc3ccc(OC(F)(F)F)cc3s2)nc2cc(C(=O)NCCOCCO)ccc21. The first kappa shape index (κ1) is 23.7. The Morgan fingerprint density at radius 1 is 1.15 bits per heavy atom. The number of thiazole rings is 1. The van der Waals surface area contributed by atoms with E-state index in [1.807, 2.05) is 0 Å². The molecule has 0 spiro atoms. The number of rotatable bonds is 9. The van der Waals surface area contributed by atoms with Gasteiger partial charge in [-0.15, -0.1) is 13.2 Å². The van der Waals surface area contributed by atoms with E-state index in [4.69, 9.17) is 9.84 Å². The van der Waals surface area contributed by atoms with Crippen LogP contribution in [-0.4, -0.2) is 58.3 Å². The lowest BCUT2D eigenvalue weighted by atomic mass is 10.2. The smallest absolute Gasteiger partial charge is 0.406 e. The predicted molar refractivity (Wildman–Crippen MR) is 121 cm³/mol. The van der Waals surface area contributed by atoms with Crippen molar-refractivity contribution in [3.05, 3.63) is 42.0 Å². The van der Waals surface area contributed by atoms with Gasteiger partial charge in [0.05, 0.1) is 41.1 Å². The zero-order valence-electron chi connectivity index (χ0n) is 17.8. The quantitative estimate of drug-likeness (QED) is 0.305. The number of aliphatic hydroxyl groups is 1. The van der Waals surface area contributed by atoms with Gasteiger partial charge in [-0.05, 0) is 30.3 Å². The van der Waals surface area contributed by atoms with Gasteiger partial charge in [0, 0.05) is 25.2 Å². The van der Waals surface area contributed by atoms with E-state index in [9.17, 15) is 18.0 Å². The Morgan fingerprint density at radius 2 is 1.97 bits per heavy atom. The number of ether oxygens (including phenoxy) is 2. The van der Waals surface area contributed by atoms with Crippen LogP contribution in [0.1, 0.15) is 10.4 Å². The minimum absolute atomic E-state index is 0.0782. The van der Waals surface area contributed by atoms with Crippen LogP contribution in [0.2, 0.25) is 0 Å². The first-order chi connectivity index (χ1) is 16.2. The number of amides is 1. The molecule has 0 atom stereocenters. The van der Waals surface area contributed by atoms with Gasteiger partial charge >= 0.3 is 6.36 Å². The van der Waals surface area contributed by atoms with Gasteiger partial charge in [0.15, 0.2) is 5.13 Å². The van der Waals surface area contributed by atoms with E-state index in [2.05, 4.69) is 25.3 Å². The molecule has 0 unspecified atom stereocenters. The van der Waals surface area contributed by atoms with Gasteiger partial charge in [-0.1, -0.05) is 11.3 Å². The lowest BCUT2D eigenvalue weighted by Crippen LogP contribution is -2.27. The highest BCUT2D eigenvalue weighted by molar-refractivity contribution is 7.22. The van der Waals surface area contributed by atoms with Crippen LogP contribution in [0.25, 0.3) is 21.3 Å². The van der Waals surface area contributed by atoms with E-state index in [1.54, 1.807) is 29.8 Å². The summed E-state index contributed by atoms with van der Waals surface area (Å²) in [5, 5.41) is 14.9. The largest absolute Gasteiger partial charge is 0.573 e. The normalized spacial score (nSPS) is 11.8. The minimum atomic E-state index is -4.77. The highest BCUT2D eigenvalue weighted by atomic mass is 32.1. The fraction of sp³-hybridized carbons (Fsp3) is 0.286. The summed E-state index contributed by atoms with van der Waals surface area (Å²) in [4.78, 5) is 21.3. The van der Waals surface area contributed by atoms with Crippen molar-refractivity contribution >= 4 is 49.6 Å². The first-order valence-electron chi connectivity index (χ1n) is 10.1. The monoisotopic (exact) mass is 495 g/mol. The number of aliphatic hydroxyl groups excluding tert-OH is 1. The zero-order chi connectivity index (χ0) is 24.3. The lowest BCUT2D eigenvalue weighted by molar-refractivity contribution is -0.274. The molecule has 3 N–H and O–H groups in total. The number of anilines is 2. The molecule has 0 aliphatic rings. The number of fused-ring (bicyclic) bond motifs is 2. The van der Waals surface area contributed by atoms with Gasteiger partial charge in [-0.25, -0.2) is 9.97 Å². The molecule has 0 radical (unpaired) electrons. The Labute approximate surface area is 195 Å². The lowest BCUT2D eigenvalue weighted by Gasteiger charge is -2.07. The summed E-state index contributed by atoms with van der Waals surface area (Å²) in [5.74, 6) is -0.141. The van der Waals surface area contributed by atoms with Crippen molar-refractivity contribution in [1.29, 1.82) is 0 Å². The molecule has 1 amide bonds. The Balaban J connectivity index is 1.49. The molecule has 0 saturated carbocycles. The summed E-state index contributed by atoms with van der Waals surface area (Å²) in [6.45, 7) is 0.727. The van der Waals surface area contributed by atoms with Crippen LogP contribution in [0.15, 0.2) is 36.4 Å². The molecule has 2 aromatic heterocycles. The van der Waals surface area contributed by atoms with Crippen molar-refractivity contribution in [2.45, 2.75) is 6.36 Å². The number of halogens is 3. The topological polar surface area (TPSA) is 111 Å². The van der Waals surface area contributed by atoms with E-state index in [1.165, 1.54) is 18.2 Å². The average molecular weight is 495 g/mol. The molecule has 0 fully saturated rings. The average Bonchev–Trinajstić information content (AvgIpc) is 3.32. The molecule has 13 heteroatoms. The number of carbonyl (C=O) groups is 1. The van der Waals surface area contributed by atoms with Gasteiger partial charge in [0.2, 0.25) is 5.95 Å². The highest BCUT2D eigenvalue weighted by Crippen LogP contribution is 2.33. The number of nitrogens with one attached hydrogen (secondary N) is 2. The van der Waals surface area contributed by atoms with Crippen molar-refractivity contribution in [2.75, 3.05) is 31.7 Å². The van der Waals surface area contributed by atoms with Crippen molar-refractivity contribution in [1.82, 2.24) is 19.9 Å². The number of benzene rings is 2. The fourth-order valence-electron chi connectivity index (χ4n) is 3.21. The molecule has 0 aliphatic carbocycles. The number of alkyl halides is 3. The van der Waals surface area contributed by atoms with E-state index in [-0.39, 0.29) is 31.5 Å². The molecule has 2 heterocycles. The number of nitrogens with zero attached hydrogens (tertiary/aromatic N) is 3. The summed E-state index contributed by atoms with van der Waals surface area (Å²) >= 11 is 1.16. The van der Waals surface area contributed by atoms with Crippen molar-refractivity contribution < 1.29 is 32.5 Å². The molecular weight excluding hydrogens is 475 g/mol. The predicted octanol–water partition coefficient (Wildman–Crippen LogP) is 3.56. The maximum atomic E-state index is 12.5. The molecule has 34 heavy (non-hydrogen) atoms. The van der Waals surface area contributed by atoms with Crippen LogP contribution in [0, 0.1) is 0 Å². The molecule has 0 aliphatic heterocycles. The van der Waals surface area contributed by atoms with E-state index >= 15 is 0 Å². The van der Waals surface area contributed by atoms with E-state index in [0.717, 1.165) is 16.9 Å². The Hall–Kier alpha value is -3.42. The van der Waals surface area contributed by atoms with E-state index in [0.29, 0.717) is 38.9 Å². The maximum Gasteiger partial charge on any atom is 0.573 e. The zero-order valence-corrected chi connectivity index (χ0v) is 18.7. The highest BCUT2D eigenvalue weighted by Gasteiger charge is 2.31. The molecule has 9 nitrogen and oxygen atoms in total. The third kappa shape index (κ3) is 5.55. The molecule has 4 rings (SSSR count). The number of hydrogen-bond acceptors (Lipinski definition) is 8. The summed E-state index contributed by atoms with van der Waals surface area (Å²) in [6.07, 6.45) is -4.77. The third-order valence-corrected chi connectivity index (χ3v) is 5.66. The Morgan fingerprint density at radius 3 is 2.74 bits per heavy atom. The summed E-state index contributed by atoms with van der Waals surface area (Å²) < 4.78 is 48.8. The summed E-state index contributed by atoms with van der Waals surface area (Å²) in [5.41, 5.74) is 2.29. The summed E-state index contributed by atoms with van der Waals surface area (Å²) in [6, 6.07) is 9.04. The minimum Gasteiger partial charge on any atom is -0.406 e. The van der Waals surface area contributed by atoms with Crippen LogP contribution in [0.3, 0.4) is 0 Å². The second-order valence-electron chi connectivity index (χ2n) is 7.11. The van der Waals surface area contributed by atoms with Crippen LogP contribution >= 0.6 is 11.3 Å². The van der Waals surface area contributed by atoms with Crippen LogP contribution < -0.4 is 15.4 Å². The van der Waals surface area contributed by atoms with Crippen molar-refractivity contribution in [3.8, 4) is 5.75 Å². The second kappa shape index (κ2) is 9.83. The maximum absolute atomic E-state index is 12.5. The summed E-state index contributed by atoms with van der Waals surface area (Å²) in [7, 11) is 1.79.